The number of carbonyl (C=O) groups excluding carboxylic acids is 4. The minimum atomic E-state index is -1.13. The third-order valence-corrected chi connectivity index (χ3v) is 7.31. The average molecular weight is 595 g/mol. The van der Waals surface area contributed by atoms with Gasteiger partial charge in [0.05, 0.1) is 0 Å². The molecule has 2 unspecified atom stereocenters. The van der Waals surface area contributed by atoms with Gasteiger partial charge in [-0.05, 0) is 89.1 Å². The molecule has 0 spiro atoms. The zero-order chi connectivity index (χ0) is 32.3. The first-order valence-electron chi connectivity index (χ1n) is 15.2. The molecule has 4 amide bonds. The number of benzene rings is 2. The van der Waals surface area contributed by atoms with Crippen LogP contribution in [0.15, 0.2) is 36.4 Å². The molecule has 0 radical (unpaired) electrons. The maximum absolute atomic E-state index is 14.5. The molecular formula is C34H50N4O5. The molecule has 0 heterocycles. The number of nitrogens with one attached hydrogen (secondary N) is 2. The van der Waals surface area contributed by atoms with Crippen molar-refractivity contribution in [3.05, 3.63) is 64.2 Å². The Kier molecular flexibility index (Phi) is 13.2. The van der Waals surface area contributed by atoms with Gasteiger partial charge in [0.25, 0.3) is 5.91 Å². The predicted octanol–water partition coefficient (Wildman–Crippen LogP) is 6.17. The van der Waals surface area contributed by atoms with Crippen LogP contribution in [0.5, 0.6) is 0 Å². The van der Waals surface area contributed by atoms with Crippen LogP contribution in [0.4, 0.5) is 10.5 Å². The summed E-state index contributed by atoms with van der Waals surface area (Å²) in [5.74, 6) is -1.44. The van der Waals surface area contributed by atoms with Crippen LogP contribution in [0, 0.1) is 27.7 Å². The van der Waals surface area contributed by atoms with E-state index in [9.17, 15) is 19.2 Å². The van der Waals surface area contributed by atoms with Crippen molar-refractivity contribution < 1.29 is 23.9 Å². The molecule has 0 aromatic heterocycles. The van der Waals surface area contributed by atoms with E-state index in [4.69, 9.17) is 10.5 Å². The Morgan fingerprint density at radius 1 is 0.884 bits per heavy atom. The van der Waals surface area contributed by atoms with E-state index in [-0.39, 0.29) is 25.3 Å². The quantitative estimate of drug-likeness (QED) is 0.225. The second kappa shape index (κ2) is 16.1. The van der Waals surface area contributed by atoms with Crippen LogP contribution >= 0.6 is 0 Å². The Morgan fingerprint density at radius 3 is 1.95 bits per heavy atom. The van der Waals surface area contributed by atoms with E-state index < -0.39 is 35.6 Å². The van der Waals surface area contributed by atoms with Crippen LogP contribution in [0.25, 0.3) is 0 Å². The van der Waals surface area contributed by atoms with Crippen molar-refractivity contribution in [2.75, 3.05) is 11.9 Å². The molecule has 0 aliphatic rings. The number of ether oxygens (including phenoxy) is 1. The second-order valence-electron chi connectivity index (χ2n) is 12.3. The number of hydrogen-bond donors (Lipinski definition) is 3. The fourth-order valence-corrected chi connectivity index (χ4v) is 5.16. The van der Waals surface area contributed by atoms with E-state index in [1.54, 1.807) is 25.7 Å². The highest BCUT2D eigenvalue weighted by molar-refractivity contribution is 6.00. The number of hydrogen-bond acceptors (Lipinski definition) is 5. The van der Waals surface area contributed by atoms with E-state index in [0.717, 1.165) is 47.1 Å². The van der Waals surface area contributed by atoms with Gasteiger partial charge in [0.15, 0.2) is 0 Å². The molecule has 2 aromatic carbocycles. The lowest BCUT2D eigenvalue weighted by Crippen LogP contribution is -2.53. The van der Waals surface area contributed by atoms with Gasteiger partial charge < -0.3 is 26.0 Å². The molecule has 9 nitrogen and oxygen atoms in total. The SMILES string of the molecule is CCCCCCN(C(=O)C(CCC(N)=O)NC(=O)OC(C)(C)C)C(C(=O)Nc1c(C)cccc1C)c1c(C)cccc1C. The van der Waals surface area contributed by atoms with Gasteiger partial charge in [0.1, 0.15) is 17.7 Å². The smallest absolute Gasteiger partial charge is 0.408 e. The Hall–Kier alpha value is -3.88. The molecule has 2 aromatic rings. The van der Waals surface area contributed by atoms with Gasteiger partial charge in [-0.15, -0.1) is 0 Å². The number of anilines is 1. The summed E-state index contributed by atoms with van der Waals surface area (Å²) in [6.07, 6.45) is 2.56. The van der Waals surface area contributed by atoms with Crippen molar-refractivity contribution in [1.29, 1.82) is 0 Å². The van der Waals surface area contributed by atoms with Gasteiger partial charge in [-0.25, -0.2) is 4.79 Å². The fraction of sp³-hybridized carbons (Fsp3) is 0.529. The summed E-state index contributed by atoms with van der Waals surface area (Å²) in [7, 11) is 0. The first-order chi connectivity index (χ1) is 20.2. The monoisotopic (exact) mass is 594 g/mol. The molecule has 4 N–H and O–H groups in total. The number of nitrogens with two attached hydrogens (primary N) is 1. The molecule has 2 atom stereocenters. The number of amides is 4. The van der Waals surface area contributed by atoms with Crippen LogP contribution in [-0.2, 0) is 19.1 Å². The van der Waals surface area contributed by atoms with Crippen LogP contribution in [-0.4, -0.2) is 46.9 Å². The summed E-state index contributed by atoms with van der Waals surface area (Å²) >= 11 is 0. The fourth-order valence-electron chi connectivity index (χ4n) is 5.16. The molecule has 9 heteroatoms. The number of nitrogens with zero attached hydrogens (tertiary/aromatic N) is 1. The molecule has 43 heavy (non-hydrogen) atoms. The van der Waals surface area contributed by atoms with Crippen LogP contribution in [0.1, 0.15) is 100 Å². The van der Waals surface area contributed by atoms with Crippen molar-refractivity contribution in [1.82, 2.24) is 10.2 Å². The minimum Gasteiger partial charge on any atom is -0.444 e. The van der Waals surface area contributed by atoms with E-state index in [1.165, 1.54) is 0 Å². The second-order valence-corrected chi connectivity index (χ2v) is 12.3. The first-order valence-corrected chi connectivity index (χ1v) is 15.2. The van der Waals surface area contributed by atoms with Crippen molar-refractivity contribution in [2.24, 2.45) is 5.73 Å². The van der Waals surface area contributed by atoms with E-state index in [1.807, 2.05) is 64.1 Å². The summed E-state index contributed by atoms with van der Waals surface area (Å²) in [4.78, 5) is 55.0. The van der Waals surface area contributed by atoms with Crippen molar-refractivity contribution >= 4 is 29.5 Å². The summed E-state index contributed by atoms with van der Waals surface area (Å²) in [6, 6.07) is 9.42. The maximum Gasteiger partial charge on any atom is 0.408 e. The number of rotatable bonds is 14. The number of carbonyl (C=O) groups is 4. The average Bonchev–Trinajstić information content (AvgIpc) is 2.90. The zero-order valence-electron chi connectivity index (χ0n) is 27.1. The molecule has 0 saturated carbocycles. The summed E-state index contributed by atoms with van der Waals surface area (Å²) in [5.41, 5.74) is 9.59. The number of aryl methyl sites for hydroxylation is 4. The largest absolute Gasteiger partial charge is 0.444 e. The molecule has 0 fully saturated rings. The van der Waals surface area contributed by atoms with Crippen LogP contribution < -0.4 is 16.4 Å². The lowest BCUT2D eigenvalue weighted by atomic mass is 9.92. The topological polar surface area (TPSA) is 131 Å². The van der Waals surface area contributed by atoms with Crippen molar-refractivity contribution in [3.63, 3.8) is 0 Å². The van der Waals surface area contributed by atoms with Crippen molar-refractivity contribution in [3.8, 4) is 0 Å². The number of unbranched alkanes of at least 4 members (excludes halogenated alkanes) is 3. The Morgan fingerprint density at radius 2 is 1.44 bits per heavy atom. The number of para-hydroxylation sites is 1. The predicted molar refractivity (Wildman–Crippen MR) is 171 cm³/mol. The van der Waals surface area contributed by atoms with E-state index in [2.05, 4.69) is 17.6 Å². The zero-order valence-corrected chi connectivity index (χ0v) is 27.1. The van der Waals surface area contributed by atoms with Gasteiger partial charge in [0, 0.05) is 18.7 Å². The molecule has 2 rings (SSSR count). The standard InChI is InChI=1S/C34H50N4O5/c1-9-10-11-12-21-38(32(41)26(19-20-27(35)39)36-33(42)43-34(6,7)8)30(28-22(2)15-13-16-23(28)3)31(40)37-29-24(4)17-14-18-25(29)5/h13-18,26,30H,9-12,19-21H2,1-8H3,(H2,35,39)(H,36,42)(H,37,40). The van der Waals surface area contributed by atoms with Gasteiger partial charge in [-0.2, -0.15) is 0 Å². The molecular weight excluding hydrogens is 544 g/mol. The molecule has 0 aliphatic heterocycles. The highest BCUT2D eigenvalue weighted by atomic mass is 16.6. The Labute approximate surface area is 256 Å². The third-order valence-electron chi connectivity index (χ3n) is 7.31. The van der Waals surface area contributed by atoms with Gasteiger partial charge in [-0.1, -0.05) is 62.6 Å². The van der Waals surface area contributed by atoms with E-state index in [0.29, 0.717) is 12.1 Å². The molecule has 0 saturated heterocycles. The first kappa shape index (κ1) is 35.3. The molecule has 0 bridgehead atoms. The lowest BCUT2D eigenvalue weighted by Gasteiger charge is -2.36. The van der Waals surface area contributed by atoms with E-state index >= 15 is 0 Å². The highest BCUT2D eigenvalue weighted by Crippen LogP contribution is 2.31. The van der Waals surface area contributed by atoms with Crippen LogP contribution in [0.3, 0.4) is 0 Å². The van der Waals surface area contributed by atoms with Gasteiger partial charge >= 0.3 is 6.09 Å². The van der Waals surface area contributed by atoms with Crippen molar-refractivity contribution in [2.45, 2.75) is 112 Å². The Balaban J connectivity index is 2.66. The van der Waals surface area contributed by atoms with Gasteiger partial charge in [-0.3, -0.25) is 14.4 Å². The highest BCUT2D eigenvalue weighted by Gasteiger charge is 2.37. The number of alkyl carbamates (subject to hydrolysis) is 1. The Bertz CT molecular complexity index is 1240. The lowest BCUT2D eigenvalue weighted by molar-refractivity contribution is -0.141. The third kappa shape index (κ3) is 10.7. The normalized spacial score (nSPS) is 12.7. The van der Waals surface area contributed by atoms with Crippen LogP contribution in [0.2, 0.25) is 0 Å². The maximum atomic E-state index is 14.5. The molecule has 236 valence electrons. The number of primary amides is 1. The summed E-state index contributed by atoms with van der Waals surface area (Å²) in [5, 5.41) is 5.77. The van der Waals surface area contributed by atoms with Gasteiger partial charge in [0.2, 0.25) is 11.8 Å². The molecule has 0 aliphatic carbocycles. The minimum absolute atomic E-state index is 0.0309. The summed E-state index contributed by atoms with van der Waals surface area (Å²) < 4.78 is 5.44. The summed E-state index contributed by atoms with van der Waals surface area (Å²) in [6.45, 7) is 15.2.